The topological polar surface area (TPSA) is 21.3 Å². The number of methoxy groups -OCH3 is 1. The Hall–Kier alpha value is -2.03. The van der Waals surface area contributed by atoms with Crippen molar-refractivity contribution in [2.75, 3.05) is 12.4 Å². The van der Waals surface area contributed by atoms with Gasteiger partial charge in [0.25, 0.3) is 0 Å². The van der Waals surface area contributed by atoms with Crippen molar-refractivity contribution in [2.24, 2.45) is 0 Å². The molecule has 0 unspecified atom stereocenters. The van der Waals surface area contributed by atoms with Crippen LogP contribution in [0, 0.1) is 12.7 Å². The van der Waals surface area contributed by atoms with Crippen molar-refractivity contribution in [1.29, 1.82) is 0 Å². The first-order valence-corrected chi connectivity index (χ1v) is 7.33. The molecule has 0 bridgehead atoms. The average Bonchev–Trinajstić information content (AvgIpc) is 2.46. The Bertz CT molecular complexity index is 635. The third kappa shape index (κ3) is 2.87. The number of anilines is 1. The quantitative estimate of drug-likeness (QED) is 0.893. The minimum atomic E-state index is -0.191. The van der Waals surface area contributed by atoms with Crippen LogP contribution in [0.5, 0.6) is 5.75 Å². The molecular weight excluding hydrogens is 265 g/mol. The molecule has 21 heavy (non-hydrogen) atoms. The Morgan fingerprint density at radius 1 is 1.14 bits per heavy atom. The van der Waals surface area contributed by atoms with Gasteiger partial charge in [-0.2, -0.15) is 0 Å². The van der Waals surface area contributed by atoms with E-state index in [4.69, 9.17) is 4.74 Å². The fourth-order valence-electron chi connectivity index (χ4n) is 2.96. The van der Waals surface area contributed by atoms with Crippen molar-refractivity contribution >= 4 is 5.69 Å². The Morgan fingerprint density at radius 2 is 1.90 bits per heavy atom. The van der Waals surface area contributed by atoms with Crippen molar-refractivity contribution in [3.8, 4) is 5.75 Å². The van der Waals surface area contributed by atoms with E-state index in [-0.39, 0.29) is 5.82 Å². The predicted octanol–water partition coefficient (Wildman–Crippen LogP) is 4.50. The number of hydrogen-bond donors (Lipinski definition) is 1. The van der Waals surface area contributed by atoms with E-state index in [0.717, 1.165) is 29.8 Å². The standard InChI is InChI=1S/C18H20FNO/c1-12-7-8-14(19)11-17(12)20-15-9-13(10-15)16-5-3-4-6-18(16)21-2/h3-8,11,13,15,20H,9-10H2,1-2H3. The van der Waals surface area contributed by atoms with Crippen LogP contribution in [-0.4, -0.2) is 13.2 Å². The fourth-order valence-corrected chi connectivity index (χ4v) is 2.96. The van der Waals surface area contributed by atoms with E-state index < -0.39 is 0 Å². The maximum absolute atomic E-state index is 13.3. The molecule has 0 radical (unpaired) electrons. The number of para-hydroxylation sites is 1. The maximum atomic E-state index is 13.3. The summed E-state index contributed by atoms with van der Waals surface area (Å²) in [6, 6.07) is 13.5. The lowest BCUT2D eigenvalue weighted by molar-refractivity contribution is 0.349. The summed E-state index contributed by atoms with van der Waals surface area (Å²) < 4.78 is 18.7. The number of halogens is 1. The van der Waals surface area contributed by atoms with Gasteiger partial charge in [-0.3, -0.25) is 0 Å². The molecule has 0 amide bonds. The molecule has 3 rings (SSSR count). The molecule has 1 aliphatic carbocycles. The second-order valence-corrected chi connectivity index (χ2v) is 5.71. The highest BCUT2D eigenvalue weighted by Crippen LogP contribution is 2.42. The van der Waals surface area contributed by atoms with Crippen LogP contribution in [0.2, 0.25) is 0 Å². The van der Waals surface area contributed by atoms with Crippen LogP contribution in [-0.2, 0) is 0 Å². The van der Waals surface area contributed by atoms with Gasteiger partial charge in [0, 0.05) is 11.7 Å². The molecule has 0 aliphatic heterocycles. The molecule has 1 saturated carbocycles. The summed E-state index contributed by atoms with van der Waals surface area (Å²) in [6.45, 7) is 2.00. The molecule has 0 aromatic heterocycles. The summed E-state index contributed by atoms with van der Waals surface area (Å²) in [7, 11) is 1.71. The molecule has 0 spiro atoms. The number of hydrogen-bond acceptors (Lipinski definition) is 2. The van der Waals surface area contributed by atoms with E-state index in [1.165, 1.54) is 11.6 Å². The smallest absolute Gasteiger partial charge is 0.125 e. The lowest BCUT2D eigenvalue weighted by Crippen LogP contribution is -2.34. The summed E-state index contributed by atoms with van der Waals surface area (Å²) in [5, 5.41) is 3.44. The molecule has 110 valence electrons. The molecule has 2 aromatic carbocycles. The van der Waals surface area contributed by atoms with Gasteiger partial charge in [0.15, 0.2) is 0 Å². The van der Waals surface area contributed by atoms with E-state index in [2.05, 4.69) is 17.4 Å². The SMILES string of the molecule is COc1ccccc1C1CC(Nc2cc(F)ccc2C)C1. The number of benzene rings is 2. The highest BCUT2D eigenvalue weighted by molar-refractivity contribution is 5.52. The van der Waals surface area contributed by atoms with E-state index in [1.807, 2.05) is 25.1 Å². The van der Waals surface area contributed by atoms with Crippen LogP contribution in [0.4, 0.5) is 10.1 Å². The molecule has 2 nitrogen and oxygen atoms in total. The van der Waals surface area contributed by atoms with Crippen molar-refractivity contribution in [3.05, 3.63) is 59.4 Å². The Kier molecular flexibility index (Phi) is 3.82. The van der Waals surface area contributed by atoms with Crippen LogP contribution >= 0.6 is 0 Å². The van der Waals surface area contributed by atoms with Gasteiger partial charge in [-0.15, -0.1) is 0 Å². The first-order valence-electron chi connectivity index (χ1n) is 7.33. The molecule has 1 aliphatic rings. The third-order valence-corrected chi connectivity index (χ3v) is 4.28. The normalized spacial score (nSPS) is 20.7. The molecule has 1 N–H and O–H groups in total. The van der Waals surface area contributed by atoms with Crippen molar-refractivity contribution in [2.45, 2.75) is 31.7 Å². The molecule has 1 fully saturated rings. The van der Waals surface area contributed by atoms with E-state index in [0.29, 0.717) is 12.0 Å². The largest absolute Gasteiger partial charge is 0.496 e. The van der Waals surface area contributed by atoms with Gasteiger partial charge < -0.3 is 10.1 Å². The number of ether oxygens (including phenoxy) is 1. The predicted molar refractivity (Wildman–Crippen MR) is 83.5 cm³/mol. The molecule has 0 saturated heterocycles. The van der Waals surface area contributed by atoms with Crippen LogP contribution < -0.4 is 10.1 Å². The zero-order valence-corrected chi connectivity index (χ0v) is 12.4. The fraction of sp³-hybridized carbons (Fsp3) is 0.333. The second kappa shape index (κ2) is 5.76. The van der Waals surface area contributed by atoms with Crippen molar-refractivity contribution in [3.63, 3.8) is 0 Å². The van der Waals surface area contributed by atoms with Gasteiger partial charge in [0.2, 0.25) is 0 Å². The van der Waals surface area contributed by atoms with Crippen LogP contribution in [0.25, 0.3) is 0 Å². The molecule has 2 aromatic rings. The van der Waals surface area contributed by atoms with Gasteiger partial charge in [-0.25, -0.2) is 4.39 Å². The lowest BCUT2D eigenvalue weighted by Gasteiger charge is -2.37. The Morgan fingerprint density at radius 3 is 2.67 bits per heavy atom. The molecule has 0 heterocycles. The second-order valence-electron chi connectivity index (χ2n) is 5.71. The summed E-state index contributed by atoms with van der Waals surface area (Å²) >= 11 is 0. The highest BCUT2D eigenvalue weighted by Gasteiger charge is 2.32. The number of rotatable bonds is 4. The summed E-state index contributed by atoms with van der Waals surface area (Å²) in [4.78, 5) is 0. The monoisotopic (exact) mass is 285 g/mol. The molecule has 3 heteroatoms. The summed E-state index contributed by atoms with van der Waals surface area (Å²) in [5.41, 5.74) is 3.25. The van der Waals surface area contributed by atoms with Crippen molar-refractivity contribution < 1.29 is 9.13 Å². The Labute approximate surface area is 125 Å². The van der Waals surface area contributed by atoms with Gasteiger partial charge in [-0.05, 0) is 55.0 Å². The maximum Gasteiger partial charge on any atom is 0.125 e. The molecular formula is C18H20FNO. The van der Waals surface area contributed by atoms with Crippen LogP contribution in [0.3, 0.4) is 0 Å². The minimum Gasteiger partial charge on any atom is -0.496 e. The Balaban J connectivity index is 1.65. The summed E-state index contributed by atoms with van der Waals surface area (Å²) in [5.74, 6) is 1.29. The van der Waals surface area contributed by atoms with Gasteiger partial charge in [0.1, 0.15) is 11.6 Å². The van der Waals surface area contributed by atoms with Crippen LogP contribution in [0.1, 0.15) is 29.9 Å². The van der Waals surface area contributed by atoms with Gasteiger partial charge >= 0.3 is 0 Å². The number of nitrogens with one attached hydrogen (secondary N) is 1. The lowest BCUT2D eigenvalue weighted by atomic mass is 9.75. The third-order valence-electron chi connectivity index (χ3n) is 4.28. The van der Waals surface area contributed by atoms with E-state index in [9.17, 15) is 4.39 Å². The van der Waals surface area contributed by atoms with Crippen LogP contribution in [0.15, 0.2) is 42.5 Å². The molecule has 0 atom stereocenters. The zero-order valence-electron chi connectivity index (χ0n) is 12.4. The highest BCUT2D eigenvalue weighted by atomic mass is 19.1. The van der Waals surface area contributed by atoms with Crippen molar-refractivity contribution in [1.82, 2.24) is 0 Å². The minimum absolute atomic E-state index is 0.191. The van der Waals surface area contributed by atoms with E-state index >= 15 is 0 Å². The zero-order chi connectivity index (χ0) is 14.8. The first kappa shape index (κ1) is 13.9. The van der Waals surface area contributed by atoms with Gasteiger partial charge in [0.05, 0.1) is 7.11 Å². The number of aryl methyl sites for hydroxylation is 1. The average molecular weight is 285 g/mol. The first-order chi connectivity index (χ1) is 10.2. The summed E-state index contributed by atoms with van der Waals surface area (Å²) in [6.07, 6.45) is 2.10. The van der Waals surface area contributed by atoms with Gasteiger partial charge in [-0.1, -0.05) is 24.3 Å². The van der Waals surface area contributed by atoms with E-state index in [1.54, 1.807) is 13.2 Å².